The van der Waals surface area contributed by atoms with Crippen LogP contribution in [0.2, 0.25) is 0 Å². The van der Waals surface area contributed by atoms with Gasteiger partial charge >= 0.3 is 0 Å². The van der Waals surface area contributed by atoms with Crippen molar-refractivity contribution < 1.29 is 9.90 Å². The minimum absolute atomic E-state index is 0.00488. The van der Waals surface area contributed by atoms with Crippen molar-refractivity contribution in [2.75, 3.05) is 12.4 Å². The molecule has 1 aromatic heterocycles. The lowest BCUT2D eigenvalue weighted by atomic mass is 9.84. The van der Waals surface area contributed by atoms with Crippen molar-refractivity contribution in [3.05, 3.63) is 34.6 Å². The Bertz CT molecular complexity index is 945. The van der Waals surface area contributed by atoms with Crippen LogP contribution in [0.5, 0.6) is 0 Å². The lowest BCUT2D eigenvalue weighted by Gasteiger charge is -2.28. The van der Waals surface area contributed by atoms with Crippen LogP contribution in [0.1, 0.15) is 39.0 Å². The van der Waals surface area contributed by atoms with Gasteiger partial charge in [0.05, 0.1) is 16.7 Å². The van der Waals surface area contributed by atoms with Crippen molar-refractivity contribution in [3.63, 3.8) is 0 Å². The fourth-order valence-electron chi connectivity index (χ4n) is 5.12. The quantitative estimate of drug-likeness (QED) is 0.512. The highest BCUT2D eigenvalue weighted by molar-refractivity contribution is 7.99. The average Bonchev–Trinajstić information content (AvgIpc) is 3.35. The molecule has 1 amide bonds. The zero-order valence-corrected chi connectivity index (χ0v) is 17.7. The molecular weight excluding hydrogens is 386 g/mol. The number of rotatable bonds is 8. The molecule has 7 heteroatoms. The maximum Gasteiger partial charge on any atom is 0.262 e. The van der Waals surface area contributed by atoms with Crippen molar-refractivity contribution >= 4 is 28.6 Å². The molecule has 2 aliphatic carbocycles. The molecule has 2 fully saturated rings. The molecule has 0 aliphatic heterocycles. The van der Waals surface area contributed by atoms with Gasteiger partial charge in [-0.05, 0) is 62.5 Å². The maximum absolute atomic E-state index is 12.9. The first-order valence-electron chi connectivity index (χ1n) is 10.6. The highest BCUT2D eigenvalue weighted by Gasteiger charge is 2.42. The average molecular weight is 416 g/mol. The van der Waals surface area contributed by atoms with Crippen LogP contribution in [0.15, 0.2) is 34.2 Å². The smallest absolute Gasteiger partial charge is 0.262 e. The van der Waals surface area contributed by atoms with Crippen LogP contribution in [-0.4, -0.2) is 39.0 Å². The summed E-state index contributed by atoms with van der Waals surface area (Å²) in [6.07, 6.45) is 5.71. The molecule has 6 nitrogen and oxygen atoms in total. The number of carbonyl (C=O) groups is 1. The number of hydrogen-bond donors (Lipinski definition) is 2. The highest BCUT2D eigenvalue weighted by atomic mass is 32.2. The number of nitrogens with one attached hydrogen (secondary N) is 1. The zero-order chi connectivity index (χ0) is 20.4. The van der Waals surface area contributed by atoms with Gasteiger partial charge in [0.1, 0.15) is 0 Å². The van der Waals surface area contributed by atoms with E-state index in [0.717, 1.165) is 11.8 Å². The van der Waals surface area contributed by atoms with Crippen molar-refractivity contribution in [2.24, 2.45) is 17.8 Å². The number of benzene rings is 1. The number of aliphatic hydroxyl groups excluding tert-OH is 1. The molecule has 2 saturated carbocycles. The van der Waals surface area contributed by atoms with E-state index < -0.39 is 0 Å². The Balaban J connectivity index is 1.44. The third-order valence-electron chi connectivity index (χ3n) is 6.52. The van der Waals surface area contributed by atoms with Crippen molar-refractivity contribution in [2.45, 2.75) is 56.8 Å². The number of thioether (sulfide) groups is 1. The molecule has 4 unspecified atom stereocenters. The molecule has 0 radical (unpaired) electrons. The van der Waals surface area contributed by atoms with Crippen molar-refractivity contribution in [1.29, 1.82) is 0 Å². The first kappa shape index (κ1) is 20.4. The van der Waals surface area contributed by atoms with Gasteiger partial charge in [-0.25, -0.2) is 4.98 Å². The van der Waals surface area contributed by atoms with E-state index in [-0.39, 0.29) is 29.9 Å². The minimum atomic E-state index is -0.123. The Labute approximate surface area is 175 Å². The number of fused-ring (bicyclic) bond motifs is 3. The van der Waals surface area contributed by atoms with Crippen LogP contribution >= 0.6 is 11.8 Å². The van der Waals surface area contributed by atoms with E-state index in [2.05, 4.69) is 17.2 Å². The summed E-state index contributed by atoms with van der Waals surface area (Å²) in [7, 11) is 0. The Morgan fingerprint density at radius 1 is 1.34 bits per heavy atom. The fraction of sp³-hybridized carbons (Fsp3) is 0.591. The summed E-state index contributed by atoms with van der Waals surface area (Å²) in [6.45, 7) is 2.52. The van der Waals surface area contributed by atoms with Gasteiger partial charge in [0, 0.05) is 19.2 Å². The summed E-state index contributed by atoms with van der Waals surface area (Å²) >= 11 is 1.29. The summed E-state index contributed by atoms with van der Waals surface area (Å²) < 4.78 is 1.58. The van der Waals surface area contributed by atoms with Crippen LogP contribution in [0.4, 0.5) is 0 Å². The third-order valence-corrected chi connectivity index (χ3v) is 7.50. The molecule has 29 heavy (non-hydrogen) atoms. The molecule has 4 atom stereocenters. The third kappa shape index (κ3) is 4.36. The molecule has 2 aromatic rings. The molecular formula is C22H29N3O3S. The molecule has 4 rings (SSSR count). The van der Waals surface area contributed by atoms with Gasteiger partial charge in [0.25, 0.3) is 5.56 Å². The highest BCUT2D eigenvalue weighted by Crippen LogP contribution is 2.49. The van der Waals surface area contributed by atoms with E-state index >= 15 is 0 Å². The maximum atomic E-state index is 12.9. The first-order chi connectivity index (χ1) is 14.1. The van der Waals surface area contributed by atoms with Gasteiger partial charge in [-0.2, -0.15) is 0 Å². The number of nitrogens with zero attached hydrogens (tertiary/aromatic N) is 2. The first-order valence-corrected chi connectivity index (χ1v) is 11.6. The predicted molar refractivity (Wildman–Crippen MR) is 115 cm³/mol. The SMILES string of the molecule is CC(NC(=O)CSc1nc2ccccc2c(=O)n1CCCO)C1CC2CCC1C2. The second kappa shape index (κ2) is 8.88. The van der Waals surface area contributed by atoms with E-state index in [9.17, 15) is 14.7 Å². The van der Waals surface area contributed by atoms with Gasteiger partial charge in [-0.1, -0.05) is 30.3 Å². The molecule has 0 saturated heterocycles. The van der Waals surface area contributed by atoms with Crippen molar-refractivity contribution in [3.8, 4) is 0 Å². The molecule has 1 aromatic carbocycles. The molecule has 2 aliphatic rings. The van der Waals surface area contributed by atoms with Crippen molar-refractivity contribution in [1.82, 2.24) is 14.9 Å². The normalized spacial score (nSPS) is 24.1. The number of para-hydroxylation sites is 1. The number of carbonyl (C=O) groups excluding carboxylic acids is 1. The van der Waals surface area contributed by atoms with Crippen LogP contribution < -0.4 is 10.9 Å². The van der Waals surface area contributed by atoms with Gasteiger partial charge < -0.3 is 10.4 Å². The minimum Gasteiger partial charge on any atom is -0.396 e. The molecule has 2 bridgehead atoms. The van der Waals surface area contributed by atoms with Crippen LogP contribution in [-0.2, 0) is 11.3 Å². The lowest BCUT2D eigenvalue weighted by Crippen LogP contribution is -2.41. The summed E-state index contributed by atoms with van der Waals surface area (Å²) in [4.78, 5) is 30.0. The molecule has 156 valence electrons. The van der Waals surface area contributed by atoms with Crippen LogP contribution in [0.25, 0.3) is 10.9 Å². The Kier molecular flexibility index (Phi) is 6.25. The van der Waals surface area contributed by atoms with E-state index in [0.29, 0.717) is 34.9 Å². The number of amides is 1. The summed E-state index contributed by atoms with van der Waals surface area (Å²) in [5, 5.41) is 13.4. The summed E-state index contributed by atoms with van der Waals surface area (Å²) in [6, 6.07) is 7.44. The second-order valence-electron chi connectivity index (χ2n) is 8.43. The van der Waals surface area contributed by atoms with Gasteiger partial charge in [-0.3, -0.25) is 14.2 Å². The van der Waals surface area contributed by atoms with Crippen LogP contribution in [0, 0.1) is 17.8 Å². The summed E-state index contributed by atoms with van der Waals surface area (Å²) in [5.41, 5.74) is 0.512. The van der Waals surface area contributed by atoms with Gasteiger partial charge in [0.15, 0.2) is 5.16 Å². The zero-order valence-electron chi connectivity index (χ0n) is 16.8. The van der Waals surface area contributed by atoms with Gasteiger partial charge in [0.2, 0.25) is 5.91 Å². The molecule has 0 spiro atoms. The number of aromatic nitrogens is 2. The van der Waals surface area contributed by atoms with E-state index in [1.54, 1.807) is 10.6 Å². The molecule has 2 N–H and O–H groups in total. The largest absolute Gasteiger partial charge is 0.396 e. The Morgan fingerprint density at radius 3 is 2.90 bits per heavy atom. The topological polar surface area (TPSA) is 84.2 Å². The number of hydrogen-bond acceptors (Lipinski definition) is 5. The fourth-order valence-corrected chi connectivity index (χ4v) is 5.96. The number of aliphatic hydroxyl groups is 1. The van der Waals surface area contributed by atoms with Crippen LogP contribution in [0.3, 0.4) is 0 Å². The lowest BCUT2D eigenvalue weighted by molar-refractivity contribution is -0.119. The van der Waals surface area contributed by atoms with E-state index in [4.69, 9.17) is 0 Å². The summed E-state index contributed by atoms with van der Waals surface area (Å²) in [5.74, 6) is 2.45. The molecule has 1 heterocycles. The standard InChI is InChI=1S/C22H29N3O3S/c1-14(18-12-15-7-8-16(18)11-15)23-20(27)13-29-22-24-19-6-3-2-5-17(19)21(28)25(22)9-4-10-26/h2-3,5-6,14-16,18,26H,4,7-13H2,1H3,(H,23,27). The second-order valence-corrected chi connectivity index (χ2v) is 9.37. The Morgan fingerprint density at radius 2 is 2.17 bits per heavy atom. The van der Waals surface area contributed by atoms with E-state index in [1.807, 2.05) is 18.2 Å². The monoisotopic (exact) mass is 415 g/mol. The van der Waals surface area contributed by atoms with E-state index in [1.165, 1.54) is 37.4 Å². The predicted octanol–water partition coefficient (Wildman–Crippen LogP) is 2.81. The Hall–Kier alpha value is -1.86. The van der Waals surface area contributed by atoms with Gasteiger partial charge in [-0.15, -0.1) is 0 Å².